The molecule has 2 heterocycles. The predicted molar refractivity (Wildman–Crippen MR) is 119 cm³/mol. The first-order valence-electron chi connectivity index (χ1n) is 9.73. The summed E-state index contributed by atoms with van der Waals surface area (Å²) in [6, 6.07) is 19.7. The van der Waals surface area contributed by atoms with E-state index < -0.39 is 0 Å². The van der Waals surface area contributed by atoms with Gasteiger partial charge in [0.1, 0.15) is 0 Å². The number of hydrogen-bond donors (Lipinski definition) is 3. The minimum absolute atomic E-state index is 0.0600. The predicted octanol–water partition coefficient (Wildman–Crippen LogP) is 3.51. The molecule has 0 aliphatic heterocycles. The van der Waals surface area contributed by atoms with E-state index in [1.165, 1.54) is 0 Å². The third kappa shape index (κ3) is 4.05. The van der Waals surface area contributed by atoms with Crippen LogP contribution in [0, 0.1) is 0 Å². The number of carbonyl (C=O) groups is 1. The molecule has 0 fully saturated rings. The molecule has 0 saturated heterocycles. The second-order valence-electron chi connectivity index (χ2n) is 6.88. The van der Waals surface area contributed by atoms with Crippen molar-refractivity contribution in [1.82, 2.24) is 9.97 Å². The van der Waals surface area contributed by atoms with E-state index in [9.17, 15) is 4.79 Å². The van der Waals surface area contributed by atoms with Gasteiger partial charge in [0.05, 0.1) is 24.4 Å². The lowest BCUT2D eigenvalue weighted by Crippen LogP contribution is -2.14. The van der Waals surface area contributed by atoms with Crippen molar-refractivity contribution in [2.24, 2.45) is 5.73 Å². The van der Waals surface area contributed by atoms with Gasteiger partial charge in [0.15, 0.2) is 5.78 Å². The van der Waals surface area contributed by atoms with Crippen molar-refractivity contribution in [3.8, 4) is 22.4 Å². The summed E-state index contributed by atoms with van der Waals surface area (Å²) in [5.41, 5.74) is 11.6. The molecule has 0 unspecified atom stereocenters. The van der Waals surface area contributed by atoms with E-state index in [1.807, 2.05) is 48.5 Å². The lowest BCUT2D eigenvalue weighted by atomic mass is 9.99. The first kappa shape index (κ1) is 19.7. The molecule has 0 aliphatic rings. The molecule has 4 rings (SSSR count). The van der Waals surface area contributed by atoms with E-state index in [2.05, 4.69) is 10.3 Å². The Labute approximate surface area is 174 Å². The highest BCUT2D eigenvalue weighted by Crippen LogP contribution is 2.28. The fourth-order valence-corrected chi connectivity index (χ4v) is 3.37. The Hall–Kier alpha value is -3.61. The smallest absolute Gasteiger partial charge is 0.177 e. The number of aliphatic hydroxyl groups is 1. The van der Waals surface area contributed by atoms with Crippen LogP contribution in [-0.4, -0.2) is 40.6 Å². The molecule has 0 spiro atoms. The molecule has 0 amide bonds. The van der Waals surface area contributed by atoms with Gasteiger partial charge in [0.25, 0.3) is 0 Å². The summed E-state index contributed by atoms with van der Waals surface area (Å²) >= 11 is 0. The van der Waals surface area contributed by atoms with Gasteiger partial charge in [-0.3, -0.25) is 9.78 Å². The van der Waals surface area contributed by atoms with Crippen LogP contribution < -0.4 is 11.1 Å². The molecular weight excluding hydrogens is 376 g/mol. The fourth-order valence-electron chi connectivity index (χ4n) is 3.37. The number of aliphatic hydroxyl groups excluding tert-OH is 1. The zero-order chi connectivity index (χ0) is 20.9. The van der Waals surface area contributed by atoms with Gasteiger partial charge in [-0.1, -0.05) is 36.4 Å². The Morgan fingerprint density at radius 3 is 2.30 bits per heavy atom. The summed E-state index contributed by atoms with van der Waals surface area (Å²) in [5.74, 6) is -0.136. The Balaban J connectivity index is 1.66. The van der Waals surface area contributed by atoms with Crippen LogP contribution >= 0.6 is 0 Å². The van der Waals surface area contributed by atoms with E-state index in [1.54, 1.807) is 24.5 Å². The number of Topliss-reactive ketones (excluding diaryl/α,β-unsaturated/α-hetero) is 1. The van der Waals surface area contributed by atoms with Gasteiger partial charge in [0.2, 0.25) is 0 Å². The molecule has 0 radical (unpaired) electrons. The van der Waals surface area contributed by atoms with E-state index in [-0.39, 0.29) is 18.9 Å². The van der Waals surface area contributed by atoms with Gasteiger partial charge in [0, 0.05) is 41.1 Å². The van der Waals surface area contributed by atoms with Crippen LogP contribution in [0.3, 0.4) is 0 Å². The average molecular weight is 398 g/mol. The minimum atomic E-state index is -0.136. The zero-order valence-corrected chi connectivity index (χ0v) is 16.4. The number of nitrogens with zero attached hydrogens (tertiary/aromatic N) is 2. The second-order valence-corrected chi connectivity index (χ2v) is 6.88. The maximum atomic E-state index is 12.3. The van der Waals surface area contributed by atoms with Crippen molar-refractivity contribution in [2.45, 2.75) is 0 Å². The van der Waals surface area contributed by atoms with E-state index in [0.717, 1.165) is 28.1 Å². The lowest BCUT2D eigenvalue weighted by molar-refractivity contribution is 0.100. The zero-order valence-electron chi connectivity index (χ0n) is 16.4. The van der Waals surface area contributed by atoms with Crippen LogP contribution in [0.4, 0.5) is 5.69 Å². The van der Waals surface area contributed by atoms with Crippen molar-refractivity contribution in [2.75, 3.05) is 25.0 Å². The molecule has 2 aromatic heterocycles. The number of rotatable bonds is 7. The van der Waals surface area contributed by atoms with Crippen LogP contribution in [0.5, 0.6) is 0 Å². The summed E-state index contributed by atoms with van der Waals surface area (Å²) in [4.78, 5) is 21.2. The largest absolute Gasteiger partial charge is 0.395 e. The van der Waals surface area contributed by atoms with E-state index in [4.69, 9.17) is 15.8 Å². The molecule has 0 saturated carbocycles. The number of nitrogens with two attached hydrogens (primary N) is 1. The fraction of sp³-hybridized carbons (Fsp3) is 0.125. The quantitative estimate of drug-likeness (QED) is 0.412. The van der Waals surface area contributed by atoms with Crippen LogP contribution in [0.2, 0.25) is 0 Å². The highest BCUT2D eigenvalue weighted by molar-refractivity contribution is 6.08. The van der Waals surface area contributed by atoms with Crippen LogP contribution in [0.25, 0.3) is 33.3 Å². The minimum Gasteiger partial charge on any atom is -0.395 e. The maximum absolute atomic E-state index is 12.3. The highest BCUT2D eigenvalue weighted by Gasteiger charge is 2.13. The van der Waals surface area contributed by atoms with Crippen molar-refractivity contribution in [3.05, 3.63) is 78.6 Å². The van der Waals surface area contributed by atoms with Crippen molar-refractivity contribution in [3.63, 3.8) is 0 Å². The summed E-state index contributed by atoms with van der Waals surface area (Å²) in [6.45, 7) is 0.564. The molecule has 30 heavy (non-hydrogen) atoms. The third-order valence-corrected chi connectivity index (χ3v) is 4.94. The van der Waals surface area contributed by atoms with Crippen LogP contribution in [0.15, 0.2) is 73.1 Å². The molecule has 4 N–H and O–H groups in total. The third-order valence-electron chi connectivity index (χ3n) is 4.94. The summed E-state index contributed by atoms with van der Waals surface area (Å²) in [6.07, 6.45) is 3.31. The number of benzene rings is 2. The summed E-state index contributed by atoms with van der Waals surface area (Å²) < 4.78 is 0. The standard InChI is InChI=1S/C24H22N4O2/c25-14-24(30)20-13-23(28-22-9-10-26-15-21(20)22)18-3-1-16(2-4-18)17-5-7-19(8-6-17)27-11-12-29/h1-10,13,15,27,29H,11-12,14,25H2. The molecule has 150 valence electrons. The molecule has 6 nitrogen and oxygen atoms in total. The molecular formula is C24H22N4O2. The van der Waals surface area contributed by atoms with Crippen molar-refractivity contribution in [1.29, 1.82) is 0 Å². The van der Waals surface area contributed by atoms with Gasteiger partial charge < -0.3 is 16.2 Å². The Bertz CT molecular complexity index is 1170. The molecule has 0 aliphatic carbocycles. The second kappa shape index (κ2) is 8.82. The highest BCUT2D eigenvalue weighted by atomic mass is 16.3. The molecule has 0 bridgehead atoms. The Kier molecular flexibility index (Phi) is 5.79. The van der Waals surface area contributed by atoms with Gasteiger partial charge in [-0.15, -0.1) is 0 Å². The van der Waals surface area contributed by atoms with Gasteiger partial charge >= 0.3 is 0 Å². The number of aromatic nitrogens is 2. The topological polar surface area (TPSA) is 101 Å². The van der Waals surface area contributed by atoms with E-state index >= 15 is 0 Å². The van der Waals surface area contributed by atoms with Crippen molar-refractivity contribution >= 4 is 22.4 Å². The SMILES string of the molecule is NCC(=O)c1cc(-c2ccc(-c3ccc(NCCO)cc3)cc2)nc2ccncc12. The van der Waals surface area contributed by atoms with Gasteiger partial charge in [-0.25, -0.2) is 4.98 Å². The summed E-state index contributed by atoms with van der Waals surface area (Å²) in [7, 11) is 0. The maximum Gasteiger partial charge on any atom is 0.177 e. The first-order chi connectivity index (χ1) is 14.7. The Morgan fingerprint density at radius 1 is 0.967 bits per heavy atom. The van der Waals surface area contributed by atoms with Gasteiger partial charge in [-0.05, 0) is 35.4 Å². The number of hydrogen-bond acceptors (Lipinski definition) is 6. The van der Waals surface area contributed by atoms with Crippen LogP contribution in [0.1, 0.15) is 10.4 Å². The van der Waals surface area contributed by atoms with Crippen LogP contribution in [-0.2, 0) is 0 Å². The molecule has 0 atom stereocenters. The van der Waals surface area contributed by atoms with Crippen molar-refractivity contribution < 1.29 is 9.90 Å². The number of nitrogens with one attached hydrogen (secondary N) is 1. The number of carbonyl (C=O) groups excluding carboxylic acids is 1. The average Bonchev–Trinajstić information content (AvgIpc) is 2.82. The molecule has 6 heteroatoms. The lowest BCUT2D eigenvalue weighted by Gasteiger charge is -2.10. The summed E-state index contributed by atoms with van der Waals surface area (Å²) in [5, 5.41) is 12.8. The normalized spacial score (nSPS) is 10.9. The Morgan fingerprint density at radius 2 is 1.63 bits per heavy atom. The van der Waals surface area contributed by atoms with Gasteiger partial charge in [-0.2, -0.15) is 0 Å². The first-order valence-corrected chi connectivity index (χ1v) is 9.73. The molecule has 2 aromatic carbocycles. The monoisotopic (exact) mass is 398 g/mol. The number of anilines is 1. The number of fused-ring (bicyclic) bond motifs is 1. The molecule has 4 aromatic rings. The number of pyridine rings is 2. The number of ketones is 1. The van der Waals surface area contributed by atoms with E-state index in [0.29, 0.717) is 23.0 Å².